The molecule has 0 amide bonds. The normalized spacial score (nSPS) is 15.1. The summed E-state index contributed by atoms with van der Waals surface area (Å²) < 4.78 is 0. The van der Waals surface area contributed by atoms with Crippen molar-refractivity contribution in [1.29, 1.82) is 0 Å². The number of hydrogen-bond acceptors (Lipinski definition) is 1. The average molecular weight is 409 g/mol. The van der Waals surface area contributed by atoms with Gasteiger partial charge >= 0.3 is 0 Å². The van der Waals surface area contributed by atoms with Crippen LogP contribution in [0.15, 0.2) is 48.5 Å². The highest BCUT2D eigenvalue weighted by Crippen LogP contribution is 2.22. The zero-order valence-electron chi connectivity index (χ0n) is 14.7. The van der Waals surface area contributed by atoms with Gasteiger partial charge in [-0.2, -0.15) is 0 Å². The van der Waals surface area contributed by atoms with E-state index in [1.165, 1.54) is 11.1 Å². The molecule has 26 heavy (non-hydrogen) atoms. The molecule has 3 nitrogen and oxygen atoms in total. The minimum Gasteiger partial charge on any atom is -0.362 e. The predicted octanol–water partition coefficient (Wildman–Crippen LogP) is 2.81. The summed E-state index contributed by atoms with van der Waals surface area (Å²) in [4.78, 5) is 3.82. The van der Waals surface area contributed by atoms with Crippen molar-refractivity contribution in [3.8, 4) is 0 Å². The van der Waals surface area contributed by atoms with Gasteiger partial charge in [0.05, 0.1) is 36.2 Å². The first-order chi connectivity index (χ1) is 12.6. The van der Waals surface area contributed by atoms with E-state index in [0.717, 1.165) is 50.8 Å². The third-order valence-electron chi connectivity index (χ3n) is 4.73. The molecule has 2 aromatic rings. The summed E-state index contributed by atoms with van der Waals surface area (Å²) in [7, 11) is 0. The molecule has 1 saturated heterocycles. The lowest BCUT2D eigenvalue weighted by atomic mass is 10.1. The van der Waals surface area contributed by atoms with Crippen LogP contribution in [-0.2, 0) is 13.0 Å². The number of nitrogens with zero attached hydrogens (tertiary/aromatic N) is 1. The lowest BCUT2D eigenvalue weighted by molar-refractivity contribution is -0.917. The number of benzene rings is 2. The van der Waals surface area contributed by atoms with Crippen molar-refractivity contribution in [2.75, 3.05) is 32.7 Å². The van der Waals surface area contributed by atoms with Crippen molar-refractivity contribution in [3.05, 3.63) is 69.7 Å². The highest BCUT2D eigenvalue weighted by atomic mass is 35.5. The van der Waals surface area contributed by atoms with Crippen LogP contribution in [0.4, 0.5) is 0 Å². The summed E-state index contributed by atoms with van der Waals surface area (Å²) >= 11 is 17.7. The average Bonchev–Trinajstić information content (AvgIpc) is 2.66. The largest absolute Gasteiger partial charge is 0.362 e. The van der Waals surface area contributed by atoms with Gasteiger partial charge in [0.15, 0.2) is 5.11 Å². The van der Waals surface area contributed by atoms with Gasteiger partial charge in [-0.15, -0.1) is 0 Å². The Bertz CT molecular complexity index is 731. The van der Waals surface area contributed by atoms with Crippen molar-refractivity contribution >= 4 is 40.5 Å². The molecule has 1 fully saturated rings. The van der Waals surface area contributed by atoms with Gasteiger partial charge in [0.25, 0.3) is 0 Å². The summed E-state index contributed by atoms with van der Waals surface area (Å²) in [5.74, 6) is 0. The van der Waals surface area contributed by atoms with Gasteiger partial charge in [-0.3, -0.25) is 0 Å². The monoisotopic (exact) mass is 408 g/mol. The van der Waals surface area contributed by atoms with Gasteiger partial charge in [0.1, 0.15) is 6.54 Å². The fraction of sp³-hybridized carbons (Fsp3) is 0.350. The fourth-order valence-electron chi connectivity index (χ4n) is 3.21. The van der Waals surface area contributed by atoms with Gasteiger partial charge in [0.2, 0.25) is 0 Å². The summed E-state index contributed by atoms with van der Waals surface area (Å²) in [6, 6.07) is 16.4. The van der Waals surface area contributed by atoms with Crippen molar-refractivity contribution < 1.29 is 4.90 Å². The Morgan fingerprint density at radius 2 is 1.73 bits per heavy atom. The molecule has 6 heteroatoms. The zero-order chi connectivity index (χ0) is 18.4. The molecule has 2 aromatic carbocycles. The van der Waals surface area contributed by atoms with E-state index in [4.69, 9.17) is 35.4 Å². The molecule has 0 aliphatic carbocycles. The number of thiocarbonyl (C=S) groups is 1. The molecule has 0 radical (unpaired) electrons. The number of piperazine rings is 1. The third-order valence-corrected chi connectivity index (χ3v) is 5.87. The number of rotatable bonds is 5. The molecule has 0 atom stereocenters. The van der Waals surface area contributed by atoms with Gasteiger partial charge in [-0.25, -0.2) is 0 Å². The maximum absolute atomic E-state index is 6.11. The topological polar surface area (TPSA) is 19.7 Å². The molecule has 138 valence electrons. The minimum atomic E-state index is 0.613. The van der Waals surface area contributed by atoms with Crippen molar-refractivity contribution in [2.24, 2.45) is 0 Å². The highest BCUT2D eigenvalue weighted by molar-refractivity contribution is 7.80. The first-order valence-electron chi connectivity index (χ1n) is 8.96. The van der Waals surface area contributed by atoms with Crippen LogP contribution in [0.2, 0.25) is 10.0 Å². The quantitative estimate of drug-likeness (QED) is 0.742. The van der Waals surface area contributed by atoms with Crippen molar-refractivity contribution in [1.82, 2.24) is 10.2 Å². The molecule has 0 bridgehead atoms. The van der Waals surface area contributed by atoms with Crippen molar-refractivity contribution in [3.63, 3.8) is 0 Å². The van der Waals surface area contributed by atoms with E-state index < -0.39 is 0 Å². The molecular formula is C20H24Cl2N3S+. The van der Waals surface area contributed by atoms with Crippen LogP contribution in [0.3, 0.4) is 0 Å². The van der Waals surface area contributed by atoms with Crippen LogP contribution in [0.5, 0.6) is 0 Å². The lowest BCUT2D eigenvalue weighted by Crippen LogP contribution is -3.13. The van der Waals surface area contributed by atoms with E-state index in [0.29, 0.717) is 10.0 Å². The van der Waals surface area contributed by atoms with Crippen LogP contribution in [0.25, 0.3) is 0 Å². The Balaban J connectivity index is 1.40. The zero-order valence-corrected chi connectivity index (χ0v) is 17.0. The van der Waals surface area contributed by atoms with E-state index in [2.05, 4.69) is 40.5 Å². The Labute approximate surface area is 170 Å². The molecule has 1 aliphatic rings. The van der Waals surface area contributed by atoms with Crippen LogP contribution in [0.1, 0.15) is 11.1 Å². The second-order valence-corrected chi connectivity index (χ2v) is 7.83. The first-order valence-corrected chi connectivity index (χ1v) is 10.1. The van der Waals surface area contributed by atoms with Crippen LogP contribution >= 0.6 is 35.4 Å². The van der Waals surface area contributed by atoms with Crippen molar-refractivity contribution in [2.45, 2.75) is 13.0 Å². The Morgan fingerprint density at radius 3 is 2.42 bits per heavy atom. The van der Waals surface area contributed by atoms with Gasteiger partial charge in [-0.1, -0.05) is 59.6 Å². The maximum Gasteiger partial charge on any atom is 0.169 e. The Hall–Kier alpha value is -1.33. The van der Waals surface area contributed by atoms with Crippen LogP contribution in [-0.4, -0.2) is 42.7 Å². The Kier molecular flexibility index (Phi) is 7.15. The second-order valence-electron chi connectivity index (χ2n) is 6.63. The SMILES string of the molecule is S=C(NCCc1ccccc1)N1CC[NH+](Cc2ccc(Cl)c(Cl)c2)CC1. The molecule has 2 N–H and O–H groups in total. The predicted molar refractivity (Wildman–Crippen MR) is 113 cm³/mol. The minimum absolute atomic E-state index is 0.613. The summed E-state index contributed by atoms with van der Waals surface area (Å²) in [6.45, 7) is 5.95. The van der Waals surface area contributed by atoms with E-state index in [1.807, 2.05) is 18.2 Å². The highest BCUT2D eigenvalue weighted by Gasteiger charge is 2.21. The summed E-state index contributed by atoms with van der Waals surface area (Å²) in [5, 5.41) is 5.51. The third kappa shape index (κ3) is 5.58. The lowest BCUT2D eigenvalue weighted by Gasteiger charge is -2.34. The standard InChI is InChI=1S/C20H23Cl2N3S/c21-18-7-6-17(14-19(18)22)15-24-10-12-25(13-11-24)20(26)23-9-8-16-4-2-1-3-5-16/h1-7,14H,8-13,15H2,(H,23,26)/p+1. The molecule has 0 saturated carbocycles. The van der Waals surface area contributed by atoms with Gasteiger partial charge < -0.3 is 15.1 Å². The molecule has 0 aromatic heterocycles. The summed E-state index contributed by atoms with van der Waals surface area (Å²) in [5.41, 5.74) is 2.56. The maximum atomic E-state index is 6.11. The summed E-state index contributed by atoms with van der Waals surface area (Å²) in [6.07, 6.45) is 0.990. The smallest absolute Gasteiger partial charge is 0.169 e. The molecule has 0 unspecified atom stereocenters. The van der Waals surface area contributed by atoms with E-state index in [1.54, 1.807) is 4.90 Å². The number of nitrogens with one attached hydrogen (secondary N) is 2. The molecule has 0 spiro atoms. The first kappa shape index (κ1) is 19.4. The Morgan fingerprint density at radius 1 is 1.00 bits per heavy atom. The molecule has 1 heterocycles. The fourth-order valence-corrected chi connectivity index (χ4v) is 3.82. The number of quaternary nitrogens is 1. The number of hydrogen-bond donors (Lipinski definition) is 2. The van der Waals surface area contributed by atoms with E-state index in [9.17, 15) is 0 Å². The molecule has 3 rings (SSSR count). The molecular weight excluding hydrogens is 385 g/mol. The van der Waals surface area contributed by atoms with E-state index in [-0.39, 0.29) is 0 Å². The molecule has 1 aliphatic heterocycles. The van der Waals surface area contributed by atoms with Crippen LogP contribution in [0, 0.1) is 0 Å². The van der Waals surface area contributed by atoms with Crippen LogP contribution < -0.4 is 10.2 Å². The number of halogens is 2. The van der Waals surface area contributed by atoms with Gasteiger partial charge in [0, 0.05) is 12.1 Å². The second kappa shape index (κ2) is 9.56. The van der Waals surface area contributed by atoms with E-state index >= 15 is 0 Å². The van der Waals surface area contributed by atoms with Gasteiger partial charge in [-0.05, 0) is 36.3 Å².